The Balaban J connectivity index is 1.83. The largest absolute Gasteiger partial charge is 0.421 e. The molecule has 0 fully saturated rings. The molecular weight excluding hydrogens is 496 g/mol. The van der Waals surface area contributed by atoms with Crippen molar-refractivity contribution in [2.24, 2.45) is 5.92 Å². The Kier molecular flexibility index (Phi) is 8.31. The zero-order valence-electron chi connectivity index (χ0n) is 20.1. The Bertz CT molecular complexity index is 1260. The lowest BCUT2D eigenvalue weighted by atomic mass is 10.2. The van der Waals surface area contributed by atoms with Gasteiger partial charge in [0.2, 0.25) is 5.95 Å². The molecule has 2 aromatic heterocycles. The number of aromatic nitrogens is 3. The summed E-state index contributed by atoms with van der Waals surface area (Å²) in [5, 5.41) is 5.82. The van der Waals surface area contributed by atoms with Crippen LogP contribution in [0, 0.1) is 5.92 Å². The molecule has 36 heavy (non-hydrogen) atoms. The van der Waals surface area contributed by atoms with Crippen molar-refractivity contribution in [2.75, 3.05) is 30.6 Å². The summed E-state index contributed by atoms with van der Waals surface area (Å²) < 4.78 is 53.6. The van der Waals surface area contributed by atoms with Crippen LogP contribution in [0.2, 0.25) is 0 Å². The van der Waals surface area contributed by atoms with Gasteiger partial charge in [-0.05, 0) is 43.5 Å². The molecule has 1 aromatic carbocycles. The number of carbonyl (C=O) groups excluding carboxylic acids is 1. The molecule has 3 aromatic rings. The number of nitrogens with zero attached hydrogens (tertiary/aromatic N) is 3. The fourth-order valence-electron chi connectivity index (χ4n) is 2.98. The molecule has 0 aliphatic carbocycles. The first-order valence-corrected chi connectivity index (χ1v) is 13.5. The molecule has 0 unspecified atom stereocenters. The molecule has 192 valence electrons. The summed E-state index contributed by atoms with van der Waals surface area (Å²) in [4.78, 5) is 28.9. The molecule has 0 saturated heterocycles. The van der Waals surface area contributed by atoms with E-state index in [9.17, 15) is 22.5 Å². The van der Waals surface area contributed by atoms with Gasteiger partial charge in [0, 0.05) is 11.5 Å². The van der Waals surface area contributed by atoms with Crippen LogP contribution >= 0.6 is 7.14 Å². The monoisotopic (exact) mass is 522 g/mol. The number of nitrogens with one attached hydrogen (secondary N) is 3. The lowest BCUT2D eigenvalue weighted by Gasteiger charge is -2.18. The van der Waals surface area contributed by atoms with Gasteiger partial charge >= 0.3 is 6.18 Å². The first kappa shape index (κ1) is 27.1. The van der Waals surface area contributed by atoms with Gasteiger partial charge in [-0.2, -0.15) is 18.2 Å². The smallest absolute Gasteiger partial charge is 0.339 e. The number of hydrogen-bond donors (Lipinski definition) is 3. The quantitative estimate of drug-likeness (QED) is 0.267. The van der Waals surface area contributed by atoms with E-state index in [1.807, 2.05) is 13.8 Å². The molecule has 0 saturated carbocycles. The van der Waals surface area contributed by atoms with Crippen LogP contribution in [0.3, 0.4) is 0 Å². The minimum atomic E-state index is -4.73. The van der Waals surface area contributed by atoms with E-state index in [4.69, 9.17) is 4.84 Å². The number of alkyl halides is 3. The number of pyridine rings is 1. The van der Waals surface area contributed by atoms with E-state index in [1.54, 1.807) is 18.2 Å². The summed E-state index contributed by atoms with van der Waals surface area (Å²) in [6.45, 7) is 7.25. The third-order valence-corrected chi connectivity index (χ3v) is 6.22. The number of halogens is 3. The highest BCUT2D eigenvalue weighted by Gasteiger charge is 2.35. The number of benzene rings is 1. The number of carbonyl (C=O) groups is 1. The van der Waals surface area contributed by atoms with Crippen molar-refractivity contribution in [1.82, 2.24) is 20.4 Å². The number of amides is 1. The fraction of sp³-hybridized carbons (Fsp3) is 0.304. The van der Waals surface area contributed by atoms with Gasteiger partial charge in [-0.3, -0.25) is 9.63 Å². The molecule has 0 aliphatic rings. The van der Waals surface area contributed by atoms with Crippen LogP contribution in [0.1, 0.15) is 29.9 Å². The van der Waals surface area contributed by atoms with Crippen LogP contribution < -0.4 is 21.4 Å². The molecule has 0 bridgehead atoms. The normalized spacial score (nSPS) is 11.9. The average Bonchev–Trinajstić information content (AvgIpc) is 2.78. The van der Waals surface area contributed by atoms with Gasteiger partial charge in [-0.15, -0.1) is 0 Å². The zero-order valence-corrected chi connectivity index (χ0v) is 20.9. The van der Waals surface area contributed by atoms with E-state index in [0.29, 0.717) is 23.8 Å². The Morgan fingerprint density at radius 1 is 1.06 bits per heavy atom. The van der Waals surface area contributed by atoms with E-state index < -0.39 is 30.6 Å². The zero-order chi connectivity index (χ0) is 26.5. The number of rotatable bonds is 9. The second-order valence-corrected chi connectivity index (χ2v) is 11.8. The summed E-state index contributed by atoms with van der Waals surface area (Å²) in [5.41, 5.74) is 1.87. The molecule has 0 spiro atoms. The molecule has 0 aliphatic heterocycles. The van der Waals surface area contributed by atoms with Crippen molar-refractivity contribution in [1.29, 1.82) is 0 Å². The van der Waals surface area contributed by atoms with Crippen LogP contribution in [0.4, 0.5) is 36.3 Å². The van der Waals surface area contributed by atoms with Crippen molar-refractivity contribution in [2.45, 2.75) is 20.0 Å². The van der Waals surface area contributed by atoms with Gasteiger partial charge in [0.05, 0.1) is 24.2 Å². The van der Waals surface area contributed by atoms with Crippen LogP contribution in [0.15, 0.2) is 48.8 Å². The molecular formula is C23H26F3N6O3P. The highest BCUT2D eigenvalue weighted by molar-refractivity contribution is 7.70. The first-order chi connectivity index (χ1) is 16.8. The summed E-state index contributed by atoms with van der Waals surface area (Å²) in [5.74, 6) is -0.956. The third-order valence-electron chi connectivity index (χ3n) is 4.67. The second-order valence-electron chi connectivity index (χ2n) is 8.64. The highest BCUT2D eigenvalue weighted by atomic mass is 31.2. The van der Waals surface area contributed by atoms with Crippen LogP contribution in [-0.4, -0.2) is 40.8 Å². The summed E-state index contributed by atoms with van der Waals surface area (Å²) in [7, 11) is -2.79. The van der Waals surface area contributed by atoms with Crippen LogP contribution in [0.5, 0.6) is 0 Å². The Hall–Kier alpha value is -3.50. The van der Waals surface area contributed by atoms with Gasteiger partial charge in [-0.1, -0.05) is 26.0 Å². The predicted octanol–water partition coefficient (Wildman–Crippen LogP) is 4.94. The van der Waals surface area contributed by atoms with Gasteiger partial charge in [0.1, 0.15) is 24.2 Å². The number of para-hydroxylation sites is 1. The Labute approximate surface area is 206 Å². The molecule has 3 rings (SSSR count). The van der Waals surface area contributed by atoms with Crippen molar-refractivity contribution in [3.8, 4) is 0 Å². The van der Waals surface area contributed by atoms with Crippen molar-refractivity contribution in [3.63, 3.8) is 0 Å². The van der Waals surface area contributed by atoms with E-state index in [-0.39, 0.29) is 23.2 Å². The molecule has 9 nitrogen and oxygen atoms in total. The van der Waals surface area contributed by atoms with Gasteiger partial charge < -0.3 is 15.2 Å². The maximum Gasteiger partial charge on any atom is 0.421 e. The molecule has 13 heteroatoms. The molecule has 0 radical (unpaired) electrons. The fourth-order valence-corrected chi connectivity index (χ4v) is 4.13. The topological polar surface area (TPSA) is 118 Å². The minimum Gasteiger partial charge on any atom is -0.339 e. The SMILES string of the molecule is CC(C)CONC(=O)c1ccc(Nc2ncc(C(F)(F)F)c(Nc3ccccc3P(C)(C)=O)n2)cn1. The van der Waals surface area contributed by atoms with Gasteiger partial charge in [0.15, 0.2) is 0 Å². The highest BCUT2D eigenvalue weighted by Crippen LogP contribution is 2.40. The molecule has 1 amide bonds. The standard InChI is InChI=1S/C23H26F3N6O3P/c1-14(2)13-35-32-21(33)18-10-9-15(11-27-18)29-22-28-12-16(23(24,25)26)20(31-22)30-17-7-5-6-8-19(17)36(3,4)34/h5-12,14H,13H2,1-4H3,(H,32,33)(H2,28,29,30,31). The van der Waals surface area contributed by atoms with E-state index in [2.05, 4.69) is 31.1 Å². The van der Waals surface area contributed by atoms with Crippen LogP contribution in [0.25, 0.3) is 0 Å². The van der Waals surface area contributed by atoms with E-state index >= 15 is 0 Å². The van der Waals surface area contributed by atoms with Crippen molar-refractivity contribution in [3.05, 3.63) is 60.0 Å². The maximum atomic E-state index is 13.6. The minimum absolute atomic E-state index is 0.0835. The van der Waals surface area contributed by atoms with E-state index in [1.165, 1.54) is 37.7 Å². The van der Waals surface area contributed by atoms with Crippen molar-refractivity contribution >= 4 is 41.5 Å². The van der Waals surface area contributed by atoms with Crippen LogP contribution in [-0.2, 0) is 15.6 Å². The number of anilines is 4. The lowest BCUT2D eigenvalue weighted by Crippen LogP contribution is -2.26. The molecule has 3 N–H and O–H groups in total. The summed E-state index contributed by atoms with van der Waals surface area (Å²) >= 11 is 0. The van der Waals surface area contributed by atoms with Gasteiger partial charge in [0.25, 0.3) is 5.91 Å². The van der Waals surface area contributed by atoms with Gasteiger partial charge in [-0.25, -0.2) is 15.4 Å². The molecule has 2 heterocycles. The third kappa shape index (κ3) is 7.25. The average molecular weight is 522 g/mol. The predicted molar refractivity (Wildman–Crippen MR) is 132 cm³/mol. The summed E-state index contributed by atoms with van der Waals surface area (Å²) in [6, 6.07) is 9.31. The second kappa shape index (κ2) is 11.0. The lowest BCUT2D eigenvalue weighted by molar-refractivity contribution is -0.137. The molecule has 0 atom stereocenters. The maximum absolute atomic E-state index is 13.6. The van der Waals surface area contributed by atoms with E-state index in [0.717, 1.165) is 0 Å². The Morgan fingerprint density at radius 2 is 1.78 bits per heavy atom. The number of hydrogen-bond acceptors (Lipinski definition) is 8. The Morgan fingerprint density at radius 3 is 2.39 bits per heavy atom. The summed E-state index contributed by atoms with van der Waals surface area (Å²) in [6.07, 6.45) is -2.77. The van der Waals surface area contributed by atoms with Crippen molar-refractivity contribution < 1.29 is 27.4 Å². The number of hydroxylamine groups is 1. The first-order valence-electron chi connectivity index (χ1n) is 10.9.